The summed E-state index contributed by atoms with van der Waals surface area (Å²) >= 11 is 1.48. The molecule has 5 heteroatoms. The smallest absolute Gasteiger partial charge is 0.242 e. The molecule has 1 aliphatic carbocycles. The van der Waals surface area contributed by atoms with Crippen LogP contribution in [0, 0.1) is 5.41 Å². The zero-order valence-electron chi connectivity index (χ0n) is 8.98. The molecule has 1 aromatic rings. The zero-order valence-corrected chi connectivity index (χ0v) is 9.80. The van der Waals surface area contributed by atoms with Gasteiger partial charge in [0.25, 0.3) is 0 Å². The number of amides is 1. The molecule has 1 atom stereocenters. The number of hydrogen-bond acceptors (Lipinski definition) is 4. The van der Waals surface area contributed by atoms with E-state index in [-0.39, 0.29) is 17.9 Å². The van der Waals surface area contributed by atoms with Crippen LogP contribution in [0.1, 0.15) is 23.8 Å². The quantitative estimate of drug-likeness (QED) is 0.707. The van der Waals surface area contributed by atoms with Crippen molar-refractivity contribution < 1.29 is 9.90 Å². The molecule has 0 radical (unpaired) electrons. The number of aliphatic hydroxyl groups is 1. The van der Waals surface area contributed by atoms with Crippen molar-refractivity contribution in [2.45, 2.75) is 18.9 Å². The summed E-state index contributed by atoms with van der Waals surface area (Å²) in [6.45, 7) is 0.670. The van der Waals surface area contributed by atoms with Gasteiger partial charge >= 0.3 is 0 Å². The fraction of sp³-hybridized carbons (Fsp3) is 0.545. The van der Waals surface area contributed by atoms with E-state index in [0.29, 0.717) is 6.54 Å². The number of carbonyl (C=O) groups excluding carboxylic acids is 1. The number of hydrogen-bond donors (Lipinski definition) is 3. The summed E-state index contributed by atoms with van der Waals surface area (Å²) in [5.41, 5.74) is 5.75. The number of thiophene rings is 1. The first-order valence-corrected chi connectivity index (χ1v) is 6.22. The van der Waals surface area contributed by atoms with E-state index in [1.165, 1.54) is 11.3 Å². The topological polar surface area (TPSA) is 75.4 Å². The van der Waals surface area contributed by atoms with Crippen LogP contribution in [0.5, 0.6) is 0 Å². The van der Waals surface area contributed by atoms with Gasteiger partial charge in [0.15, 0.2) is 0 Å². The van der Waals surface area contributed by atoms with Crippen LogP contribution in [0.15, 0.2) is 17.5 Å². The standard InChI is InChI=1S/C11H16N2O2S/c12-9(8-2-1-5-16-8)10(15)13-6-11(7-14)3-4-11/h1-2,5,9,14H,3-4,6-7,12H2,(H,13,15). The first-order chi connectivity index (χ1) is 7.67. The molecule has 0 spiro atoms. The first-order valence-electron chi connectivity index (χ1n) is 5.34. The minimum absolute atomic E-state index is 0.0647. The normalized spacial score (nSPS) is 19.1. The van der Waals surface area contributed by atoms with Gasteiger partial charge in [0.2, 0.25) is 5.91 Å². The molecule has 4 nitrogen and oxygen atoms in total. The Labute approximate surface area is 98.5 Å². The van der Waals surface area contributed by atoms with Gasteiger partial charge in [-0.2, -0.15) is 0 Å². The van der Waals surface area contributed by atoms with Gasteiger partial charge in [-0.1, -0.05) is 6.07 Å². The lowest BCUT2D eigenvalue weighted by molar-refractivity contribution is -0.122. The Morgan fingerprint density at radius 1 is 1.69 bits per heavy atom. The van der Waals surface area contributed by atoms with Crippen molar-refractivity contribution in [2.24, 2.45) is 11.1 Å². The SMILES string of the molecule is NC(C(=O)NCC1(CO)CC1)c1cccs1. The molecular formula is C11H16N2O2S. The lowest BCUT2D eigenvalue weighted by Gasteiger charge is -2.15. The van der Waals surface area contributed by atoms with E-state index >= 15 is 0 Å². The van der Waals surface area contributed by atoms with Gasteiger partial charge in [-0.25, -0.2) is 0 Å². The number of aliphatic hydroxyl groups excluding tert-OH is 1. The molecular weight excluding hydrogens is 224 g/mol. The van der Waals surface area contributed by atoms with Crippen molar-refractivity contribution in [1.82, 2.24) is 5.32 Å². The molecule has 0 aliphatic heterocycles. The maximum absolute atomic E-state index is 11.7. The fourth-order valence-corrected chi connectivity index (χ4v) is 2.27. The summed E-state index contributed by atoms with van der Waals surface area (Å²) in [4.78, 5) is 12.6. The average Bonchev–Trinajstić information content (AvgIpc) is 2.88. The highest BCUT2D eigenvalue weighted by Crippen LogP contribution is 2.44. The summed E-state index contributed by atoms with van der Waals surface area (Å²) in [5, 5.41) is 13.8. The highest BCUT2D eigenvalue weighted by molar-refractivity contribution is 7.10. The third-order valence-corrected chi connectivity index (χ3v) is 4.02. The third kappa shape index (κ3) is 2.42. The maximum atomic E-state index is 11.7. The van der Waals surface area contributed by atoms with Crippen molar-refractivity contribution >= 4 is 17.2 Å². The van der Waals surface area contributed by atoms with Crippen LogP contribution < -0.4 is 11.1 Å². The predicted molar refractivity (Wildman–Crippen MR) is 63.0 cm³/mol. The Morgan fingerprint density at radius 2 is 2.44 bits per heavy atom. The second kappa shape index (κ2) is 4.53. The zero-order chi connectivity index (χ0) is 11.6. The summed E-state index contributed by atoms with van der Waals surface area (Å²) in [7, 11) is 0. The Hall–Kier alpha value is -0.910. The van der Waals surface area contributed by atoms with Crippen LogP contribution in [-0.2, 0) is 4.79 Å². The predicted octanol–water partition coefficient (Wildman–Crippen LogP) is 0.637. The Balaban J connectivity index is 1.84. The molecule has 16 heavy (non-hydrogen) atoms. The second-order valence-electron chi connectivity index (χ2n) is 4.37. The van der Waals surface area contributed by atoms with Crippen molar-refractivity contribution in [3.8, 4) is 0 Å². The van der Waals surface area contributed by atoms with Gasteiger partial charge in [0.05, 0.1) is 6.61 Å². The van der Waals surface area contributed by atoms with E-state index in [2.05, 4.69) is 5.32 Å². The van der Waals surface area contributed by atoms with Crippen LogP contribution in [-0.4, -0.2) is 24.2 Å². The second-order valence-corrected chi connectivity index (χ2v) is 5.35. The van der Waals surface area contributed by atoms with Gasteiger partial charge in [0.1, 0.15) is 6.04 Å². The summed E-state index contributed by atoms with van der Waals surface area (Å²) < 4.78 is 0. The number of nitrogens with one attached hydrogen (secondary N) is 1. The molecule has 4 N–H and O–H groups in total. The van der Waals surface area contributed by atoms with Crippen LogP contribution in [0.3, 0.4) is 0 Å². The van der Waals surface area contributed by atoms with E-state index in [0.717, 1.165) is 17.7 Å². The van der Waals surface area contributed by atoms with Gasteiger partial charge in [-0.15, -0.1) is 11.3 Å². The Bertz CT molecular complexity index is 360. The molecule has 1 aliphatic rings. The molecule has 0 aromatic carbocycles. The van der Waals surface area contributed by atoms with Gasteiger partial charge < -0.3 is 16.2 Å². The van der Waals surface area contributed by atoms with Gasteiger partial charge in [0, 0.05) is 16.8 Å². The molecule has 1 aromatic heterocycles. The van der Waals surface area contributed by atoms with Crippen LogP contribution in [0.2, 0.25) is 0 Å². The highest BCUT2D eigenvalue weighted by Gasteiger charge is 2.42. The number of carbonyl (C=O) groups is 1. The van der Waals surface area contributed by atoms with Crippen molar-refractivity contribution in [1.29, 1.82) is 0 Å². The average molecular weight is 240 g/mol. The molecule has 2 rings (SSSR count). The van der Waals surface area contributed by atoms with E-state index < -0.39 is 6.04 Å². The molecule has 1 unspecified atom stereocenters. The van der Waals surface area contributed by atoms with E-state index in [1.54, 1.807) is 0 Å². The summed E-state index contributed by atoms with van der Waals surface area (Å²) in [6, 6.07) is 3.14. The lowest BCUT2D eigenvalue weighted by atomic mass is 10.1. The van der Waals surface area contributed by atoms with E-state index in [9.17, 15) is 4.79 Å². The minimum atomic E-state index is -0.588. The highest BCUT2D eigenvalue weighted by atomic mass is 32.1. The molecule has 1 saturated carbocycles. The monoisotopic (exact) mass is 240 g/mol. The lowest BCUT2D eigenvalue weighted by Crippen LogP contribution is -2.38. The molecule has 0 saturated heterocycles. The minimum Gasteiger partial charge on any atom is -0.396 e. The summed E-state index contributed by atoms with van der Waals surface area (Å²) in [5.74, 6) is -0.165. The third-order valence-electron chi connectivity index (χ3n) is 3.06. The molecule has 0 bridgehead atoms. The molecule has 1 fully saturated rings. The number of rotatable bonds is 5. The Kier molecular flexibility index (Phi) is 3.28. The molecule has 1 heterocycles. The fourth-order valence-electron chi connectivity index (χ4n) is 1.55. The van der Waals surface area contributed by atoms with Crippen LogP contribution in [0.25, 0.3) is 0 Å². The van der Waals surface area contributed by atoms with Crippen LogP contribution in [0.4, 0.5) is 0 Å². The van der Waals surface area contributed by atoms with Crippen molar-refractivity contribution in [2.75, 3.05) is 13.2 Å². The number of nitrogens with two attached hydrogens (primary N) is 1. The van der Waals surface area contributed by atoms with Crippen molar-refractivity contribution in [3.05, 3.63) is 22.4 Å². The molecule has 1 amide bonds. The maximum Gasteiger partial charge on any atom is 0.242 e. The van der Waals surface area contributed by atoms with Crippen LogP contribution >= 0.6 is 11.3 Å². The first kappa shape index (κ1) is 11.6. The largest absolute Gasteiger partial charge is 0.396 e. The molecule has 88 valence electrons. The van der Waals surface area contributed by atoms with Gasteiger partial charge in [-0.05, 0) is 24.3 Å². The van der Waals surface area contributed by atoms with E-state index in [4.69, 9.17) is 10.8 Å². The van der Waals surface area contributed by atoms with Crippen molar-refractivity contribution in [3.63, 3.8) is 0 Å². The van der Waals surface area contributed by atoms with E-state index in [1.807, 2.05) is 17.5 Å². The summed E-state index contributed by atoms with van der Waals surface area (Å²) in [6.07, 6.45) is 1.97. The van der Waals surface area contributed by atoms with Gasteiger partial charge in [-0.3, -0.25) is 4.79 Å². The Morgan fingerprint density at radius 3 is 2.94 bits per heavy atom.